The molecule has 9 nitrogen and oxygen atoms in total. The lowest BCUT2D eigenvalue weighted by Crippen LogP contribution is -2.45. The van der Waals surface area contributed by atoms with Crippen LogP contribution in [-0.2, 0) is 25.7 Å². The molecule has 0 saturated heterocycles. The number of carbonyl (C=O) groups is 4. The number of esters is 1. The molecule has 2 rings (SSSR count). The highest BCUT2D eigenvalue weighted by Crippen LogP contribution is 2.24. The molecule has 2 atom stereocenters. The molecular formula is C22H22Cl2N2O7S. The first-order valence-corrected chi connectivity index (χ1v) is 11.7. The van der Waals surface area contributed by atoms with E-state index < -0.39 is 36.0 Å². The van der Waals surface area contributed by atoms with Gasteiger partial charge in [-0.2, -0.15) is 11.8 Å². The van der Waals surface area contributed by atoms with Gasteiger partial charge in [-0.1, -0.05) is 59.6 Å². The Bertz CT molecular complexity index is 1000. The molecule has 0 unspecified atom stereocenters. The number of ether oxygens (including phenoxy) is 2. The van der Waals surface area contributed by atoms with Crippen LogP contribution in [-0.4, -0.2) is 59.7 Å². The molecule has 0 aromatic heterocycles. The summed E-state index contributed by atoms with van der Waals surface area (Å²) in [6, 6.07) is 11.0. The van der Waals surface area contributed by atoms with E-state index in [4.69, 9.17) is 32.7 Å². The van der Waals surface area contributed by atoms with Crippen molar-refractivity contribution in [2.45, 2.75) is 18.7 Å². The second-order valence-corrected chi connectivity index (χ2v) is 8.67. The molecule has 0 aliphatic rings. The average molecular weight is 529 g/mol. The van der Waals surface area contributed by atoms with Gasteiger partial charge in [-0.15, -0.1) is 0 Å². The number of hydrogen-bond acceptors (Lipinski definition) is 7. The lowest BCUT2D eigenvalue weighted by molar-refractivity contribution is -0.142. The Morgan fingerprint density at radius 3 is 2.15 bits per heavy atom. The maximum atomic E-state index is 12.6. The normalized spacial score (nSPS) is 12.2. The van der Waals surface area contributed by atoms with Gasteiger partial charge in [0.2, 0.25) is 0 Å². The Hall–Kier alpha value is -2.95. The minimum atomic E-state index is -1.29. The zero-order valence-electron chi connectivity index (χ0n) is 18.0. The van der Waals surface area contributed by atoms with Crippen LogP contribution in [0.3, 0.4) is 0 Å². The van der Waals surface area contributed by atoms with Gasteiger partial charge in [-0.25, -0.2) is 14.4 Å². The molecule has 2 aromatic rings. The predicted molar refractivity (Wildman–Crippen MR) is 128 cm³/mol. The molecule has 0 bridgehead atoms. The third-order valence-corrected chi connectivity index (χ3v) is 6.12. The van der Waals surface area contributed by atoms with E-state index in [1.54, 1.807) is 30.3 Å². The average Bonchev–Trinajstić information content (AvgIpc) is 2.81. The summed E-state index contributed by atoms with van der Waals surface area (Å²) in [5.74, 6) is -2.86. The van der Waals surface area contributed by atoms with Gasteiger partial charge in [0, 0.05) is 11.5 Å². The van der Waals surface area contributed by atoms with E-state index in [1.807, 2.05) is 6.07 Å². The monoisotopic (exact) mass is 528 g/mol. The van der Waals surface area contributed by atoms with E-state index in [0.717, 1.165) is 24.4 Å². The van der Waals surface area contributed by atoms with Crippen molar-refractivity contribution in [1.29, 1.82) is 0 Å². The molecule has 182 valence electrons. The van der Waals surface area contributed by atoms with Crippen LogP contribution in [0.25, 0.3) is 0 Å². The molecule has 0 saturated carbocycles. The maximum absolute atomic E-state index is 12.6. The lowest BCUT2D eigenvalue weighted by Gasteiger charge is -2.19. The van der Waals surface area contributed by atoms with Crippen molar-refractivity contribution in [3.05, 3.63) is 69.7 Å². The fourth-order valence-corrected chi connectivity index (χ4v) is 4.26. The van der Waals surface area contributed by atoms with E-state index in [1.165, 1.54) is 12.1 Å². The topological polar surface area (TPSA) is 131 Å². The second kappa shape index (κ2) is 13.7. The number of benzene rings is 2. The van der Waals surface area contributed by atoms with Crippen LogP contribution < -0.4 is 10.6 Å². The van der Waals surface area contributed by atoms with Crippen molar-refractivity contribution >= 4 is 58.9 Å². The summed E-state index contributed by atoms with van der Waals surface area (Å²) in [6.07, 6.45) is -0.900. The standard InChI is InChI=1S/C22H22Cl2N2O7S/c1-32-21(30)17(25-19(27)18-14(23)8-5-9-15(18)24)12-34-11-16(20(28)29)26-22(31)33-10-13-6-3-2-4-7-13/h2-9,16-17H,10-12H2,1H3,(H,25,27)(H,26,31)(H,28,29)/t16-,17-/m0/s1. The van der Waals surface area contributed by atoms with E-state index in [-0.39, 0.29) is 33.7 Å². The van der Waals surface area contributed by atoms with Crippen molar-refractivity contribution < 1.29 is 33.8 Å². The fourth-order valence-electron chi connectivity index (χ4n) is 2.64. The summed E-state index contributed by atoms with van der Waals surface area (Å²) < 4.78 is 9.75. The van der Waals surface area contributed by atoms with Crippen molar-refractivity contribution in [2.75, 3.05) is 18.6 Å². The number of hydrogen-bond donors (Lipinski definition) is 3. The van der Waals surface area contributed by atoms with Crippen LogP contribution in [0.2, 0.25) is 10.0 Å². The zero-order valence-corrected chi connectivity index (χ0v) is 20.3. The van der Waals surface area contributed by atoms with Gasteiger partial charge in [0.25, 0.3) is 5.91 Å². The van der Waals surface area contributed by atoms with E-state index in [9.17, 15) is 24.3 Å². The third kappa shape index (κ3) is 8.44. The highest BCUT2D eigenvalue weighted by molar-refractivity contribution is 7.99. The number of carboxylic acids is 1. The SMILES string of the molecule is COC(=O)[C@H](CSC[C@H](NC(=O)OCc1ccccc1)C(=O)O)NC(=O)c1c(Cl)cccc1Cl. The minimum absolute atomic E-state index is 0.00372. The molecule has 3 N–H and O–H groups in total. The number of carboxylic acid groups (broad SMARTS) is 1. The molecule has 2 amide bonds. The number of carbonyl (C=O) groups excluding carboxylic acids is 3. The fraction of sp³-hybridized carbons (Fsp3) is 0.273. The predicted octanol–water partition coefficient (Wildman–Crippen LogP) is 3.38. The molecule has 0 aliphatic carbocycles. The first-order chi connectivity index (χ1) is 16.2. The summed E-state index contributed by atoms with van der Waals surface area (Å²) in [5, 5.41) is 14.4. The lowest BCUT2D eigenvalue weighted by atomic mass is 10.2. The third-order valence-electron chi connectivity index (χ3n) is 4.35. The molecule has 2 aromatic carbocycles. The Balaban J connectivity index is 1.92. The smallest absolute Gasteiger partial charge is 0.408 e. The summed E-state index contributed by atoms with van der Waals surface area (Å²) in [4.78, 5) is 48.3. The number of alkyl carbamates (subject to hydrolysis) is 1. The molecule has 0 fully saturated rings. The quantitative estimate of drug-likeness (QED) is 0.378. The van der Waals surface area contributed by atoms with E-state index in [2.05, 4.69) is 10.6 Å². The number of halogens is 2. The van der Waals surface area contributed by atoms with Crippen molar-refractivity contribution in [3.8, 4) is 0 Å². The van der Waals surface area contributed by atoms with Crippen LogP contribution >= 0.6 is 35.0 Å². The molecule has 34 heavy (non-hydrogen) atoms. The van der Waals surface area contributed by atoms with Crippen LogP contribution in [0.4, 0.5) is 4.79 Å². The summed E-state index contributed by atoms with van der Waals surface area (Å²) in [5.41, 5.74) is 0.741. The Labute approximate surface area is 210 Å². The maximum Gasteiger partial charge on any atom is 0.408 e. The second-order valence-electron chi connectivity index (χ2n) is 6.78. The van der Waals surface area contributed by atoms with Crippen molar-refractivity contribution in [2.24, 2.45) is 0 Å². The minimum Gasteiger partial charge on any atom is -0.480 e. The van der Waals surface area contributed by atoms with E-state index >= 15 is 0 Å². The molecule has 0 spiro atoms. The summed E-state index contributed by atoms with van der Waals surface area (Å²) >= 11 is 13.1. The van der Waals surface area contributed by atoms with Gasteiger partial charge < -0.3 is 25.2 Å². The van der Waals surface area contributed by atoms with Gasteiger partial charge in [0.05, 0.1) is 22.7 Å². The molecule has 0 radical (unpaired) electrons. The Kier molecular flexibility index (Phi) is 11.0. The van der Waals surface area contributed by atoms with E-state index in [0.29, 0.717) is 0 Å². The van der Waals surface area contributed by atoms with Gasteiger partial charge in [0.1, 0.15) is 18.7 Å². The molecule has 0 heterocycles. The Morgan fingerprint density at radius 2 is 1.56 bits per heavy atom. The number of thioether (sulfide) groups is 1. The number of amides is 2. The van der Waals surface area contributed by atoms with Crippen LogP contribution in [0.1, 0.15) is 15.9 Å². The number of rotatable bonds is 11. The van der Waals surface area contributed by atoms with Crippen LogP contribution in [0.15, 0.2) is 48.5 Å². The molecule has 0 aliphatic heterocycles. The highest BCUT2D eigenvalue weighted by Gasteiger charge is 2.27. The number of aliphatic carboxylic acids is 1. The Morgan fingerprint density at radius 1 is 0.941 bits per heavy atom. The van der Waals surface area contributed by atoms with Gasteiger partial charge in [-0.3, -0.25) is 4.79 Å². The van der Waals surface area contributed by atoms with Crippen molar-refractivity contribution in [1.82, 2.24) is 10.6 Å². The van der Waals surface area contributed by atoms with Gasteiger partial charge in [-0.05, 0) is 17.7 Å². The first-order valence-electron chi connectivity index (χ1n) is 9.83. The van der Waals surface area contributed by atoms with Crippen molar-refractivity contribution in [3.63, 3.8) is 0 Å². The molecule has 12 heteroatoms. The van der Waals surface area contributed by atoms with Gasteiger partial charge in [0.15, 0.2) is 0 Å². The zero-order chi connectivity index (χ0) is 25.1. The summed E-state index contributed by atoms with van der Waals surface area (Å²) in [7, 11) is 1.15. The largest absolute Gasteiger partial charge is 0.480 e. The number of nitrogens with one attached hydrogen (secondary N) is 2. The van der Waals surface area contributed by atoms with Gasteiger partial charge >= 0.3 is 18.0 Å². The van der Waals surface area contributed by atoms with Crippen LogP contribution in [0, 0.1) is 0 Å². The highest BCUT2D eigenvalue weighted by atomic mass is 35.5. The number of methoxy groups -OCH3 is 1. The molecular weight excluding hydrogens is 507 g/mol. The summed E-state index contributed by atoms with van der Waals surface area (Å²) in [6.45, 7) is -0.0206. The first kappa shape index (κ1) is 27.3. The van der Waals surface area contributed by atoms with Crippen LogP contribution in [0.5, 0.6) is 0 Å².